The van der Waals surface area contributed by atoms with Crippen molar-refractivity contribution in [3.05, 3.63) is 48.8 Å². The van der Waals surface area contributed by atoms with Crippen LogP contribution in [0.2, 0.25) is 0 Å². The molecule has 0 saturated heterocycles. The second kappa shape index (κ2) is 5.50. The van der Waals surface area contributed by atoms with Crippen molar-refractivity contribution in [1.82, 2.24) is 0 Å². The van der Waals surface area contributed by atoms with E-state index < -0.39 is 0 Å². The van der Waals surface area contributed by atoms with E-state index in [0.29, 0.717) is 11.3 Å². The number of carbonyl (C=O) groups is 1. The molecule has 1 N–H and O–H groups in total. The molecule has 0 aliphatic carbocycles. The predicted octanol–water partition coefficient (Wildman–Crippen LogP) is 4.97. The second-order valence-corrected chi connectivity index (χ2v) is 7.46. The molecule has 1 aromatic carbocycles. The molecule has 94 valence electrons. The van der Waals surface area contributed by atoms with E-state index >= 15 is 0 Å². The minimum absolute atomic E-state index is 0.270. The van der Waals surface area contributed by atoms with Crippen LogP contribution in [0.3, 0.4) is 0 Å². The smallest absolute Gasteiger partial charge is 0.257 e. The lowest BCUT2D eigenvalue weighted by molar-refractivity contribution is 0.102. The molecule has 0 unspecified atom stereocenters. The molecule has 1 aromatic heterocycles. The molecule has 0 saturated carbocycles. The Morgan fingerprint density at radius 3 is 2.56 bits per heavy atom. The van der Waals surface area contributed by atoms with Crippen molar-refractivity contribution in [3.63, 3.8) is 0 Å². The fraction of sp³-hybridized carbons (Fsp3) is 0.0833. The lowest BCUT2D eigenvalue weighted by Crippen LogP contribution is -2.11. The van der Waals surface area contributed by atoms with Gasteiger partial charge in [0.05, 0.1) is 13.1 Å². The Labute approximate surface area is 124 Å². The molecule has 0 radical (unpaired) electrons. The van der Waals surface area contributed by atoms with Crippen LogP contribution in [-0.2, 0) is 0 Å². The molecule has 0 aliphatic rings. The molecule has 1 heterocycles. The molecule has 0 atom stereocenters. The number of anilines is 1. The SMILES string of the molecule is Cc1cc(F)cc(NC(=O)c2cc(Br)sc2Br)c1. The van der Waals surface area contributed by atoms with Crippen molar-refractivity contribution >= 4 is 54.8 Å². The van der Waals surface area contributed by atoms with Crippen molar-refractivity contribution in [3.8, 4) is 0 Å². The summed E-state index contributed by atoms with van der Waals surface area (Å²) in [6, 6.07) is 6.14. The Morgan fingerprint density at radius 1 is 1.28 bits per heavy atom. The van der Waals surface area contributed by atoms with E-state index in [1.165, 1.54) is 23.5 Å². The highest BCUT2D eigenvalue weighted by Crippen LogP contribution is 2.32. The van der Waals surface area contributed by atoms with Crippen LogP contribution in [0.25, 0.3) is 0 Å². The minimum Gasteiger partial charge on any atom is -0.322 e. The molecule has 0 bridgehead atoms. The zero-order valence-corrected chi connectivity index (χ0v) is 13.2. The van der Waals surface area contributed by atoms with Crippen molar-refractivity contribution in [1.29, 1.82) is 0 Å². The highest BCUT2D eigenvalue weighted by atomic mass is 79.9. The van der Waals surface area contributed by atoms with Gasteiger partial charge in [0.1, 0.15) is 5.82 Å². The zero-order valence-electron chi connectivity index (χ0n) is 9.26. The van der Waals surface area contributed by atoms with Crippen LogP contribution >= 0.6 is 43.2 Å². The predicted molar refractivity (Wildman–Crippen MR) is 78.8 cm³/mol. The average molecular weight is 393 g/mol. The molecule has 0 spiro atoms. The number of halogens is 3. The maximum absolute atomic E-state index is 13.2. The van der Waals surface area contributed by atoms with Gasteiger partial charge in [0, 0.05) is 5.69 Å². The van der Waals surface area contributed by atoms with Crippen LogP contribution in [-0.4, -0.2) is 5.91 Å². The van der Waals surface area contributed by atoms with Crippen molar-refractivity contribution in [2.24, 2.45) is 0 Å². The molecule has 2 rings (SSSR count). The molecule has 2 nitrogen and oxygen atoms in total. The van der Waals surface area contributed by atoms with Crippen molar-refractivity contribution in [2.75, 3.05) is 5.32 Å². The highest BCUT2D eigenvalue weighted by Gasteiger charge is 2.14. The van der Waals surface area contributed by atoms with Crippen molar-refractivity contribution < 1.29 is 9.18 Å². The van der Waals surface area contributed by atoms with E-state index in [4.69, 9.17) is 0 Å². The second-order valence-electron chi connectivity index (χ2n) is 3.71. The third-order valence-electron chi connectivity index (χ3n) is 2.20. The average Bonchev–Trinajstić information content (AvgIpc) is 2.56. The first kappa shape index (κ1) is 13.7. The van der Waals surface area contributed by atoms with Crippen LogP contribution in [0.1, 0.15) is 15.9 Å². The van der Waals surface area contributed by atoms with Gasteiger partial charge in [-0.2, -0.15) is 0 Å². The van der Waals surface area contributed by atoms with Crippen LogP contribution < -0.4 is 5.32 Å². The van der Waals surface area contributed by atoms with Crippen LogP contribution in [0, 0.1) is 12.7 Å². The third-order valence-corrected chi connectivity index (χ3v) is 4.54. The molecule has 1 amide bonds. The van der Waals surface area contributed by atoms with E-state index in [9.17, 15) is 9.18 Å². The number of amides is 1. The van der Waals surface area contributed by atoms with E-state index in [1.807, 2.05) is 0 Å². The van der Waals surface area contributed by atoms with Crippen LogP contribution in [0.4, 0.5) is 10.1 Å². The molecule has 18 heavy (non-hydrogen) atoms. The summed E-state index contributed by atoms with van der Waals surface area (Å²) in [4.78, 5) is 12.0. The Balaban J connectivity index is 2.23. The molecule has 0 aliphatic heterocycles. The Morgan fingerprint density at radius 2 is 2.00 bits per heavy atom. The maximum Gasteiger partial charge on any atom is 0.257 e. The number of benzene rings is 1. The lowest BCUT2D eigenvalue weighted by Gasteiger charge is -2.05. The van der Waals surface area contributed by atoms with Gasteiger partial charge in [-0.15, -0.1) is 11.3 Å². The van der Waals surface area contributed by atoms with Crippen LogP contribution in [0.15, 0.2) is 31.8 Å². The number of rotatable bonds is 2. The summed E-state index contributed by atoms with van der Waals surface area (Å²) in [5, 5.41) is 2.67. The number of aryl methyl sites for hydroxylation is 1. The van der Waals surface area contributed by atoms with Gasteiger partial charge >= 0.3 is 0 Å². The lowest BCUT2D eigenvalue weighted by atomic mass is 10.2. The van der Waals surface area contributed by atoms with E-state index in [1.54, 1.807) is 19.1 Å². The van der Waals surface area contributed by atoms with Gasteiger partial charge in [-0.1, -0.05) is 0 Å². The summed E-state index contributed by atoms with van der Waals surface area (Å²) in [5.41, 5.74) is 1.73. The molecule has 6 heteroatoms. The van der Waals surface area contributed by atoms with Gasteiger partial charge in [0.25, 0.3) is 5.91 Å². The number of carbonyl (C=O) groups excluding carboxylic acids is 1. The quantitative estimate of drug-likeness (QED) is 0.767. The van der Waals surface area contributed by atoms with Crippen LogP contribution in [0.5, 0.6) is 0 Å². The zero-order chi connectivity index (χ0) is 13.3. The van der Waals surface area contributed by atoms with E-state index in [2.05, 4.69) is 37.2 Å². The topological polar surface area (TPSA) is 29.1 Å². The van der Waals surface area contributed by atoms with Gasteiger partial charge in [0.15, 0.2) is 0 Å². The monoisotopic (exact) mass is 391 g/mol. The number of nitrogens with one attached hydrogen (secondary N) is 1. The largest absolute Gasteiger partial charge is 0.322 e. The highest BCUT2D eigenvalue weighted by molar-refractivity contribution is 9.12. The Kier molecular flexibility index (Phi) is 4.19. The molecular weight excluding hydrogens is 385 g/mol. The summed E-state index contributed by atoms with van der Waals surface area (Å²) < 4.78 is 14.8. The van der Waals surface area contributed by atoms with Gasteiger partial charge in [-0.05, 0) is 68.6 Å². The standard InChI is InChI=1S/C12H8Br2FNOS/c1-6-2-7(15)4-8(3-6)16-12(17)9-5-10(13)18-11(9)14/h2-5H,1H3,(H,16,17). The fourth-order valence-corrected chi connectivity index (χ4v) is 4.30. The van der Waals surface area contributed by atoms with Gasteiger partial charge in [-0.25, -0.2) is 4.39 Å². The summed E-state index contributed by atoms with van der Waals surface area (Å²) in [6.07, 6.45) is 0. The number of hydrogen-bond donors (Lipinski definition) is 1. The summed E-state index contributed by atoms with van der Waals surface area (Å²) in [5.74, 6) is -0.635. The first-order valence-corrected chi connectivity index (χ1v) is 7.39. The summed E-state index contributed by atoms with van der Waals surface area (Å²) in [6.45, 7) is 1.77. The maximum atomic E-state index is 13.2. The van der Waals surface area contributed by atoms with E-state index in [0.717, 1.165) is 13.1 Å². The van der Waals surface area contributed by atoms with Gasteiger partial charge in [-0.3, -0.25) is 4.79 Å². The normalized spacial score (nSPS) is 10.4. The first-order valence-electron chi connectivity index (χ1n) is 4.99. The number of thiophene rings is 1. The molecular formula is C12H8Br2FNOS. The number of hydrogen-bond acceptors (Lipinski definition) is 2. The third kappa shape index (κ3) is 3.18. The van der Waals surface area contributed by atoms with Crippen molar-refractivity contribution in [2.45, 2.75) is 6.92 Å². The Bertz CT molecular complexity index is 592. The summed E-state index contributed by atoms with van der Waals surface area (Å²) in [7, 11) is 0. The summed E-state index contributed by atoms with van der Waals surface area (Å²) >= 11 is 8.03. The van der Waals surface area contributed by atoms with Gasteiger partial charge in [0.2, 0.25) is 0 Å². The molecule has 2 aromatic rings. The molecule has 0 fully saturated rings. The first-order chi connectivity index (χ1) is 8.45. The minimum atomic E-state index is -0.365. The van der Waals surface area contributed by atoms with Gasteiger partial charge < -0.3 is 5.32 Å². The van der Waals surface area contributed by atoms with E-state index in [-0.39, 0.29) is 11.7 Å². The Hall–Kier alpha value is -0.720. The fourth-order valence-electron chi connectivity index (χ4n) is 1.50.